The molecule has 214 valence electrons. The zero-order chi connectivity index (χ0) is 28.7. The van der Waals surface area contributed by atoms with Gasteiger partial charge in [-0.15, -0.1) is 0 Å². The van der Waals surface area contributed by atoms with Gasteiger partial charge < -0.3 is 26.0 Å². The molecular weight excluding hydrogens is 510 g/mol. The lowest BCUT2D eigenvalue weighted by molar-refractivity contribution is -0.144. The number of unbranched alkanes of at least 4 members (excludes halogenated alkanes) is 1. The van der Waals surface area contributed by atoms with Crippen molar-refractivity contribution in [3.63, 3.8) is 0 Å². The highest BCUT2D eigenvalue weighted by molar-refractivity contribution is 5.99. The van der Waals surface area contributed by atoms with Crippen LogP contribution in [0.4, 0.5) is 0 Å². The number of aliphatic hydroxyl groups is 1. The Morgan fingerprint density at radius 1 is 0.950 bits per heavy atom. The number of rotatable bonds is 8. The van der Waals surface area contributed by atoms with Crippen LogP contribution in [0.15, 0.2) is 48.8 Å². The van der Waals surface area contributed by atoms with Crippen LogP contribution in [0.3, 0.4) is 0 Å². The van der Waals surface area contributed by atoms with E-state index in [1.807, 2.05) is 36.4 Å². The second-order valence-corrected chi connectivity index (χ2v) is 10.8. The van der Waals surface area contributed by atoms with E-state index in [1.54, 1.807) is 31.1 Å². The molecule has 2 aliphatic rings. The third kappa shape index (κ3) is 6.67. The molecule has 0 radical (unpaired) electrons. The highest BCUT2D eigenvalue weighted by atomic mass is 16.3. The first-order chi connectivity index (χ1) is 19.3. The summed E-state index contributed by atoms with van der Waals surface area (Å²) in [6, 6.07) is 9.12. The average molecular weight is 550 g/mol. The third-order valence-corrected chi connectivity index (χ3v) is 7.99. The molecule has 2 aromatic rings. The molecule has 4 N–H and O–H groups in total. The fraction of sp³-hybridized carbons (Fsp3) is 0.500. The first-order valence-electron chi connectivity index (χ1n) is 14.1. The van der Waals surface area contributed by atoms with Crippen molar-refractivity contribution in [2.45, 2.75) is 82.5 Å². The second kappa shape index (κ2) is 13.0. The van der Waals surface area contributed by atoms with Gasteiger partial charge in [0.05, 0.1) is 0 Å². The van der Waals surface area contributed by atoms with Crippen LogP contribution in [0.2, 0.25) is 0 Å². The minimum Gasteiger partial charge on any atom is -0.396 e. The number of hydrogen-bond donors (Lipinski definition) is 4. The Labute approximate surface area is 234 Å². The molecule has 3 heterocycles. The molecule has 2 saturated heterocycles. The molecule has 4 rings (SSSR count). The number of pyridine rings is 1. The van der Waals surface area contributed by atoms with Crippen LogP contribution in [-0.2, 0) is 25.6 Å². The number of carbonyl (C=O) groups excluding carboxylic acids is 4. The molecule has 0 unspecified atom stereocenters. The molecular formula is C30H39N5O5. The highest BCUT2D eigenvalue weighted by Crippen LogP contribution is 2.23. The van der Waals surface area contributed by atoms with Gasteiger partial charge in [0.15, 0.2) is 0 Å². The fourth-order valence-corrected chi connectivity index (χ4v) is 5.30. The summed E-state index contributed by atoms with van der Waals surface area (Å²) in [6.45, 7) is 3.80. The first-order valence-corrected chi connectivity index (χ1v) is 14.1. The van der Waals surface area contributed by atoms with Crippen LogP contribution < -0.4 is 16.0 Å². The summed E-state index contributed by atoms with van der Waals surface area (Å²) in [5.41, 5.74) is 1.60. The summed E-state index contributed by atoms with van der Waals surface area (Å²) in [5.74, 6) is -1.59. The lowest BCUT2D eigenvalue weighted by Crippen LogP contribution is -2.65. The van der Waals surface area contributed by atoms with Crippen molar-refractivity contribution in [3.8, 4) is 11.1 Å². The Morgan fingerprint density at radius 3 is 2.33 bits per heavy atom. The maximum atomic E-state index is 13.9. The summed E-state index contributed by atoms with van der Waals surface area (Å²) in [4.78, 5) is 59.8. The second-order valence-electron chi connectivity index (χ2n) is 10.8. The maximum Gasteiger partial charge on any atom is 0.246 e. The van der Waals surface area contributed by atoms with Crippen molar-refractivity contribution in [1.82, 2.24) is 25.8 Å². The van der Waals surface area contributed by atoms with Crippen molar-refractivity contribution >= 4 is 23.6 Å². The Kier molecular flexibility index (Phi) is 9.52. The summed E-state index contributed by atoms with van der Waals surface area (Å²) in [6.07, 6.45) is 6.45. The van der Waals surface area contributed by atoms with E-state index in [4.69, 9.17) is 0 Å². The first kappa shape index (κ1) is 29.2. The summed E-state index contributed by atoms with van der Waals surface area (Å²) in [7, 11) is 0. The Balaban J connectivity index is 1.62. The fourth-order valence-electron chi connectivity index (χ4n) is 5.30. The summed E-state index contributed by atoms with van der Waals surface area (Å²) in [5, 5.41) is 17.8. The number of nitrogens with zero attached hydrogens (tertiary/aromatic N) is 2. The molecule has 0 aliphatic carbocycles. The molecule has 1 aromatic heterocycles. The van der Waals surface area contributed by atoms with E-state index >= 15 is 0 Å². The third-order valence-electron chi connectivity index (χ3n) is 7.99. The van der Waals surface area contributed by atoms with Gasteiger partial charge in [0, 0.05) is 32.0 Å². The van der Waals surface area contributed by atoms with Crippen LogP contribution >= 0.6 is 0 Å². The topological polar surface area (TPSA) is 141 Å². The molecule has 40 heavy (non-hydrogen) atoms. The molecule has 2 fully saturated rings. The Bertz CT molecular complexity index is 1200. The standard InChI is InChI=1S/C30H39N5O5/c1-3-30(2)29(40)33-24(19-20-9-11-21(12-10-20)22-13-15-31-16-14-22)28(39)35-17-6-8-25(35)27(38)32-23(26(37)34-30)7-4-5-18-36/h9-16,23-25,36H,3-8,17-19H2,1-2H3,(H,32,38)(H,33,40)(H,34,37)/t23-,24-,25+,30-/m0/s1. The Hall–Kier alpha value is -3.79. The van der Waals surface area contributed by atoms with Crippen LogP contribution in [-0.4, -0.2) is 75.4 Å². The van der Waals surface area contributed by atoms with Crippen LogP contribution in [0, 0.1) is 0 Å². The molecule has 10 heteroatoms. The van der Waals surface area contributed by atoms with Crippen LogP contribution in [0.1, 0.15) is 57.9 Å². The lowest BCUT2D eigenvalue weighted by atomic mass is 9.94. The van der Waals surface area contributed by atoms with E-state index in [2.05, 4.69) is 20.9 Å². The van der Waals surface area contributed by atoms with E-state index in [9.17, 15) is 24.3 Å². The van der Waals surface area contributed by atoms with Crippen LogP contribution in [0.25, 0.3) is 11.1 Å². The molecule has 0 spiro atoms. The largest absolute Gasteiger partial charge is 0.396 e. The van der Waals surface area contributed by atoms with E-state index in [1.165, 1.54) is 0 Å². The number of fused-ring (bicyclic) bond motifs is 1. The molecule has 1 aromatic carbocycles. The van der Waals surface area contributed by atoms with Crippen LogP contribution in [0.5, 0.6) is 0 Å². The van der Waals surface area contributed by atoms with Gasteiger partial charge in [-0.2, -0.15) is 0 Å². The van der Waals surface area contributed by atoms with Gasteiger partial charge in [-0.05, 0) is 74.3 Å². The van der Waals surface area contributed by atoms with Gasteiger partial charge in [0.1, 0.15) is 23.7 Å². The number of aliphatic hydroxyl groups excluding tert-OH is 1. The molecule has 4 atom stereocenters. The quantitative estimate of drug-likeness (QED) is 0.370. The number of benzene rings is 1. The van der Waals surface area contributed by atoms with Crippen molar-refractivity contribution in [2.24, 2.45) is 0 Å². The van der Waals surface area contributed by atoms with Crippen molar-refractivity contribution < 1.29 is 24.3 Å². The summed E-state index contributed by atoms with van der Waals surface area (Å²) >= 11 is 0. The van der Waals surface area contributed by atoms with Gasteiger partial charge >= 0.3 is 0 Å². The van der Waals surface area contributed by atoms with E-state index in [0.717, 1.165) is 16.7 Å². The molecule has 0 bridgehead atoms. The van der Waals surface area contributed by atoms with Crippen molar-refractivity contribution in [3.05, 3.63) is 54.4 Å². The zero-order valence-electron chi connectivity index (χ0n) is 23.2. The smallest absolute Gasteiger partial charge is 0.246 e. The minimum absolute atomic E-state index is 0.0177. The predicted molar refractivity (Wildman–Crippen MR) is 150 cm³/mol. The van der Waals surface area contributed by atoms with Gasteiger partial charge in [-0.3, -0.25) is 24.2 Å². The van der Waals surface area contributed by atoms with Gasteiger partial charge in [0.2, 0.25) is 23.6 Å². The monoisotopic (exact) mass is 549 g/mol. The number of carbonyl (C=O) groups is 4. The highest BCUT2D eigenvalue weighted by Gasteiger charge is 2.43. The molecule has 2 aliphatic heterocycles. The minimum atomic E-state index is -1.29. The van der Waals surface area contributed by atoms with E-state index < -0.39 is 35.5 Å². The van der Waals surface area contributed by atoms with Crippen molar-refractivity contribution in [2.75, 3.05) is 13.2 Å². The van der Waals surface area contributed by atoms with E-state index in [0.29, 0.717) is 38.6 Å². The Morgan fingerprint density at radius 2 is 1.65 bits per heavy atom. The van der Waals surface area contributed by atoms with Gasteiger partial charge in [-0.25, -0.2) is 0 Å². The average Bonchev–Trinajstić information content (AvgIpc) is 3.46. The van der Waals surface area contributed by atoms with Crippen molar-refractivity contribution in [1.29, 1.82) is 0 Å². The zero-order valence-corrected chi connectivity index (χ0v) is 23.2. The van der Waals surface area contributed by atoms with Gasteiger partial charge in [0.25, 0.3) is 0 Å². The molecule has 10 nitrogen and oxygen atoms in total. The number of hydrogen-bond acceptors (Lipinski definition) is 6. The van der Waals surface area contributed by atoms with Gasteiger partial charge in [-0.1, -0.05) is 31.2 Å². The number of nitrogens with one attached hydrogen (secondary N) is 3. The molecule has 0 saturated carbocycles. The number of amides is 4. The normalized spacial score (nSPS) is 25.8. The maximum absolute atomic E-state index is 13.9. The van der Waals surface area contributed by atoms with E-state index in [-0.39, 0.29) is 31.3 Å². The lowest BCUT2D eigenvalue weighted by Gasteiger charge is -2.36. The number of aromatic nitrogens is 1. The predicted octanol–water partition coefficient (Wildman–Crippen LogP) is 1.71. The SMILES string of the molecule is CC[C@]1(C)NC(=O)[C@H](CCCCO)NC(=O)[C@H]2CCCN2C(=O)[C@H](Cc2ccc(-c3ccncc3)cc2)NC1=O. The molecule has 4 amide bonds. The summed E-state index contributed by atoms with van der Waals surface area (Å²) < 4.78 is 0.